The van der Waals surface area contributed by atoms with Crippen molar-refractivity contribution in [3.8, 4) is 16.9 Å². The Morgan fingerprint density at radius 3 is 2.54 bits per heavy atom. The van der Waals surface area contributed by atoms with Gasteiger partial charge < -0.3 is 25.0 Å². The molecule has 1 aliphatic heterocycles. The fourth-order valence-electron chi connectivity index (χ4n) is 5.05. The quantitative estimate of drug-likeness (QED) is 0.203. The van der Waals surface area contributed by atoms with Gasteiger partial charge in [-0.3, -0.25) is 4.68 Å². The van der Waals surface area contributed by atoms with Gasteiger partial charge in [0.25, 0.3) is 0 Å². The summed E-state index contributed by atoms with van der Waals surface area (Å²) in [5.41, 5.74) is 7.63. The maximum atomic E-state index is 5.86. The summed E-state index contributed by atoms with van der Waals surface area (Å²) in [5, 5.41) is 12.9. The Balaban J connectivity index is 1.52. The summed E-state index contributed by atoms with van der Waals surface area (Å²) in [6, 6.07) is 8.47. The number of nitrogens with zero attached hydrogens (tertiary/aromatic N) is 5. The van der Waals surface area contributed by atoms with E-state index in [0.29, 0.717) is 30.7 Å². The van der Waals surface area contributed by atoms with Crippen molar-refractivity contribution >= 4 is 58.0 Å². The van der Waals surface area contributed by atoms with E-state index in [4.69, 9.17) is 14.5 Å². The van der Waals surface area contributed by atoms with Gasteiger partial charge in [-0.1, -0.05) is 14.0 Å². The normalized spacial score (nSPS) is 13.5. The van der Waals surface area contributed by atoms with Gasteiger partial charge in [0.05, 0.1) is 36.7 Å². The van der Waals surface area contributed by atoms with E-state index in [9.17, 15) is 0 Å². The van der Waals surface area contributed by atoms with E-state index in [0.717, 1.165) is 52.3 Å². The summed E-state index contributed by atoms with van der Waals surface area (Å²) in [6.45, 7) is 14.8. The molecule has 4 aromatic rings. The number of aromatic nitrogens is 4. The monoisotopic (exact) mass is 637 g/mol. The first-order valence-corrected chi connectivity index (χ1v) is 16.7. The number of methoxy groups -OCH3 is 1. The Morgan fingerprint density at radius 1 is 1.07 bits per heavy atom. The van der Waals surface area contributed by atoms with E-state index in [1.165, 1.54) is 16.4 Å². The first-order valence-electron chi connectivity index (χ1n) is 13.7. The predicted octanol–water partition coefficient (Wildman–Crippen LogP) is 6.44. The van der Waals surface area contributed by atoms with Crippen molar-refractivity contribution in [3.63, 3.8) is 0 Å². The molecule has 0 amide bonds. The Bertz CT molecular complexity index is 1540. The number of ether oxygens (including phenoxy) is 2. The molecule has 41 heavy (non-hydrogen) atoms. The molecule has 0 atom stereocenters. The van der Waals surface area contributed by atoms with Gasteiger partial charge in [-0.15, -0.1) is 0 Å². The molecule has 0 spiro atoms. The molecular weight excluding hydrogens is 601 g/mol. The maximum absolute atomic E-state index is 5.86. The van der Waals surface area contributed by atoms with Crippen LogP contribution in [0, 0.1) is 13.8 Å². The maximum Gasteiger partial charge on any atom is 0.229 e. The minimum Gasteiger partial charge on any atom is -0.494 e. The van der Waals surface area contributed by atoms with Crippen LogP contribution in [0.25, 0.3) is 11.1 Å². The molecule has 0 radical (unpaired) electrons. The van der Waals surface area contributed by atoms with Crippen molar-refractivity contribution in [1.82, 2.24) is 19.7 Å². The number of nitrogens with one attached hydrogen (secondary N) is 2. The number of rotatable bonds is 9. The molecule has 3 heterocycles. The zero-order valence-corrected chi connectivity index (χ0v) is 26.9. The predicted molar refractivity (Wildman–Crippen MR) is 174 cm³/mol. The first-order chi connectivity index (χ1) is 19.8. The Hall–Kier alpha value is -3.20. The number of hydrogen-bond donors (Lipinski definition) is 2. The summed E-state index contributed by atoms with van der Waals surface area (Å²) in [5.74, 6) is 1.86. The van der Waals surface area contributed by atoms with Gasteiger partial charge in [-0.25, -0.2) is 4.98 Å². The third kappa shape index (κ3) is 6.35. The average Bonchev–Trinajstić information content (AvgIpc) is 3.46. The lowest BCUT2D eigenvalue weighted by atomic mass is 10.0. The van der Waals surface area contributed by atoms with Gasteiger partial charge in [0, 0.05) is 65.9 Å². The van der Waals surface area contributed by atoms with Crippen LogP contribution in [0.15, 0.2) is 47.3 Å². The summed E-state index contributed by atoms with van der Waals surface area (Å²) in [7, 11) is 1.36. The van der Waals surface area contributed by atoms with E-state index in [1.807, 2.05) is 10.9 Å². The van der Waals surface area contributed by atoms with Gasteiger partial charge in [-0.05, 0) is 73.3 Å². The molecule has 0 unspecified atom stereocenters. The molecule has 0 bridgehead atoms. The zero-order valence-electron chi connectivity index (χ0n) is 24.5. The van der Waals surface area contributed by atoms with Gasteiger partial charge in [0.15, 0.2) is 0 Å². The molecule has 0 saturated carbocycles. The standard InChI is InChI=1S/C30H37BrN7O2P/c1-7-38-18-21(16-33-38)22-14-25(27(39-4)15-26(22)37-10-12-40-13-11-37)35-30-32-17-23(31)29(36-30)34-24-9-8-19(2)20(3)28(24)41(5)6/h8-9,14-18H,7,10-13H2,1-6H3,(H2,32,34,35,36). The molecule has 9 nitrogen and oxygen atoms in total. The van der Waals surface area contributed by atoms with E-state index >= 15 is 0 Å². The minimum atomic E-state index is -0.320. The fraction of sp³-hybridized carbons (Fsp3) is 0.367. The summed E-state index contributed by atoms with van der Waals surface area (Å²) in [4.78, 5) is 11.8. The summed E-state index contributed by atoms with van der Waals surface area (Å²) < 4.78 is 14.2. The van der Waals surface area contributed by atoms with Crippen LogP contribution in [-0.4, -0.2) is 66.5 Å². The second-order valence-electron chi connectivity index (χ2n) is 10.2. The molecule has 11 heteroatoms. The van der Waals surface area contributed by atoms with Crippen molar-refractivity contribution in [2.75, 3.05) is 62.3 Å². The molecule has 216 valence electrons. The van der Waals surface area contributed by atoms with Crippen LogP contribution in [0.1, 0.15) is 18.1 Å². The fourth-order valence-corrected chi connectivity index (χ4v) is 6.80. The van der Waals surface area contributed by atoms with Crippen molar-refractivity contribution in [1.29, 1.82) is 0 Å². The highest BCUT2D eigenvalue weighted by Gasteiger charge is 2.21. The van der Waals surface area contributed by atoms with Gasteiger partial charge in [0.1, 0.15) is 11.6 Å². The molecule has 1 aliphatic rings. The molecule has 2 aromatic carbocycles. The Kier molecular flexibility index (Phi) is 9.12. The number of anilines is 5. The van der Waals surface area contributed by atoms with E-state index in [-0.39, 0.29) is 7.92 Å². The highest BCUT2D eigenvalue weighted by molar-refractivity contribution is 9.10. The van der Waals surface area contributed by atoms with Crippen LogP contribution in [0.3, 0.4) is 0 Å². The zero-order chi connectivity index (χ0) is 29.1. The third-order valence-electron chi connectivity index (χ3n) is 7.33. The van der Waals surface area contributed by atoms with E-state index in [2.05, 4.69) is 106 Å². The number of aryl methyl sites for hydroxylation is 2. The number of morpholine rings is 1. The van der Waals surface area contributed by atoms with Crippen molar-refractivity contribution < 1.29 is 9.47 Å². The minimum absolute atomic E-state index is 0.320. The van der Waals surface area contributed by atoms with E-state index in [1.54, 1.807) is 13.3 Å². The largest absolute Gasteiger partial charge is 0.494 e. The number of hydrogen-bond acceptors (Lipinski definition) is 8. The first kappa shape index (κ1) is 29.3. The lowest BCUT2D eigenvalue weighted by Gasteiger charge is -2.31. The molecule has 1 fully saturated rings. The molecule has 1 saturated heterocycles. The van der Waals surface area contributed by atoms with Crippen molar-refractivity contribution in [2.24, 2.45) is 0 Å². The highest BCUT2D eigenvalue weighted by atomic mass is 79.9. The Labute approximate surface area is 251 Å². The van der Waals surface area contributed by atoms with Crippen LogP contribution in [0.2, 0.25) is 0 Å². The second kappa shape index (κ2) is 12.8. The van der Waals surface area contributed by atoms with Gasteiger partial charge in [0.2, 0.25) is 5.95 Å². The smallest absolute Gasteiger partial charge is 0.229 e. The Morgan fingerprint density at radius 2 is 1.85 bits per heavy atom. The van der Waals surface area contributed by atoms with Gasteiger partial charge >= 0.3 is 0 Å². The molecule has 2 aromatic heterocycles. The topological polar surface area (TPSA) is 89.4 Å². The highest BCUT2D eigenvalue weighted by Crippen LogP contribution is 2.41. The summed E-state index contributed by atoms with van der Waals surface area (Å²) in [6.07, 6.45) is 5.75. The van der Waals surface area contributed by atoms with Crippen LogP contribution < -0.4 is 25.6 Å². The molecule has 5 rings (SSSR count). The summed E-state index contributed by atoms with van der Waals surface area (Å²) >= 11 is 3.64. The van der Waals surface area contributed by atoms with Crippen molar-refractivity contribution in [2.45, 2.75) is 27.3 Å². The number of benzene rings is 2. The second-order valence-corrected chi connectivity index (χ2v) is 13.3. The molecular formula is C30H37BrN7O2P. The lowest BCUT2D eigenvalue weighted by Crippen LogP contribution is -2.36. The van der Waals surface area contributed by atoms with Crippen LogP contribution in [0.5, 0.6) is 5.75 Å². The van der Waals surface area contributed by atoms with Crippen molar-refractivity contribution in [3.05, 3.63) is 58.5 Å². The SMILES string of the molecule is CCn1cc(-c2cc(Nc3ncc(Br)c(Nc4ccc(C)c(C)c4P(C)C)n3)c(OC)cc2N2CCOCC2)cn1. The van der Waals surface area contributed by atoms with Crippen LogP contribution in [-0.2, 0) is 11.3 Å². The average molecular weight is 639 g/mol. The number of halogens is 1. The molecule has 0 aliphatic carbocycles. The molecule has 2 N–H and O–H groups in total. The lowest BCUT2D eigenvalue weighted by molar-refractivity contribution is 0.122. The van der Waals surface area contributed by atoms with Gasteiger partial charge in [-0.2, -0.15) is 10.1 Å². The van der Waals surface area contributed by atoms with Crippen LogP contribution >= 0.6 is 23.9 Å². The third-order valence-corrected chi connectivity index (χ3v) is 9.38. The van der Waals surface area contributed by atoms with E-state index < -0.39 is 0 Å². The van der Waals surface area contributed by atoms with Crippen LogP contribution in [0.4, 0.5) is 28.8 Å².